The van der Waals surface area contributed by atoms with Crippen molar-refractivity contribution in [2.75, 3.05) is 13.7 Å². The highest BCUT2D eigenvalue weighted by Crippen LogP contribution is 2.18. The molecule has 0 fully saturated rings. The van der Waals surface area contributed by atoms with E-state index >= 15 is 0 Å². The van der Waals surface area contributed by atoms with Crippen LogP contribution < -0.4 is 0 Å². The third-order valence-corrected chi connectivity index (χ3v) is 2.85. The van der Waals surface area contributed by atoms with Gasteiger partial charge >= 0.3 is 23.9 Å². The lowest BCUT2D eigenvalue weighted by molar-refractivity contribution is -0.194. The molecule has 0 aliphatic carbocycles. The summed E-state index contributed by atoms with van der Waals surface area (Å²) in [7, 11) is 1.30. The predicted octanol–water partition coefficient (Wildman–Crippen LogP) is 0.380. The summed E-state index contributed by atoms with van der Waals surface area (Å²) in [5.41, 5.74) is 0. The molecule has 0 spiro atoms. The van der Waals surface area contributed by atoms with Gasteiger partial charge in [-0.15, -0.1) is 0 Å². The van der Waals surface area contributed by atoms with Gasteiger partial charge in [0, 0.05) is 34.8 Å². The van der Waals surface area contributed by atoms with Crippen molar-refractivity contribution in [3.8, 4) is 0 Å². The number of carbonyl (C=O) groups excluding carboxylic acids is 4. The van der Waals surface area contributed by atoms with Crippen molar-refractivity contribution in [2.24, 2.45) is 0 Å². The van der Waals surface area contributed by atoms with Gasteiger partial charge in [0.25, 0.3) is 0 Å². The lowest BCUT2D eigenvalue weighted by Gasteiger charge is -2.33. The molecule has 0 aromatic rings. The fourth-order valence-electron chi connectivity index (χ4n) is 2.06. The maximum atomic E-state index is 11.4. The van der Waals surface area contributed by atoms with E-state index in [0.29, 0.717) is 0 Å². The van der Waals surface area contributed by atoms with Crippen LogP contribution in [0.1, 0.15) is 34.6 Å². The fourth-order valence-corrected chi connectivity index (χ4v) is 2.06. The molecule has 0 radical (unpaired) electrons. The van der Waals surface area contributed by atoms with Crippen LogP contribution in [0.5, 0.6) is 0 Å². The Morgan fingerprint density at radius 3 is 1.62 bits per heavy atom. The molecule has 0 aromatic heterocycles. The maximum Gasteiger partial charge on any atom is 0.303 e. The van der Waals surface area contributed by atoms with Crippen molar-refractivity contribution in [3.05, 3.63) is 0 Å². The lowest BCUT2D eigenvalue weighted by Crippen LogP contribution is -2.51. The van der Waals surface area contributed by atoms with E-state index in [-0.39, 0.29) is 6.61 Å². The first-order chi connectivity index (χ1) is 11.1. The van der Waals surface area contributed by atoms with Crippen LogP contribution in [-0.4, -0.2) is 62.0 Å². The minimum absolute atomic E-state index is 0.308. The molecular formula is C15H24O9. The number of methoxy groups -OCH3 is 1. The molecule has 9 heteroatoms. The Morgan fingerprint density at radius 2 is 1.25 bits per heavy atom. The normalized spacial score (nSPS) is 15.4. The first-order valence-electron chi connectivity index (χ1n) is 7.26. The Hall–Kier alpha value is -2.16. The Labute approximate surface area is 140 Å². The van der Waals surface area contributed by atoms with Gasteiger partial charge in [0.15, 0.2) is 12.2 Å². The third kappa shape index (κ3) is 8.47. The quantitative estimate of drug-likeness (QED) is 0.431. The van der Waals surface area contributed by atoms with Crippen molar-refractivity contribution in [2.45, 2.75) is 59.0 Å². The average Bonchev–Trinajstić information content (AvgIpc) is 2.42. The van der Waals surface area contributed by atoms with Crippen molar-refractivity contribution in [1.29, 1.82) is 0 Å². The average molecular weight is 348 g/mol. The molecule has 0 heterocycles. The summed E-state index contributed by atoms with van der Waals surface area (Å²) >= 11 is 0. The number of rotatable bonds is 9. The molecule has 4 atom stereocenters. The van der Waals surface area contributed by atoms with Crippen LogP contribution in [0.2, 0.25) is 0 Å². The zero-order chi connectivity index (χ0) is 18.9. The number of esters is 4. The van der Waals surface area contributed by atoms with Gasteiger partial charge in [-0.3, -0.25) is 19.2 Å². The Kier molecular flexibility index (Phi) is 9.63. The van der Waals surface area contributed by atoms with Crippen LogP contribution in [0.15, 0.2) is 0 Å². The molecule has 9 nitrogen and oxygen atoms in total. The molecule has 4 unspecified atom stereocenters. The zero-order valence-electron chi connectivity index (χ0n) is 14.7. The standard InChI is InChI=1S/C15H24O9/c1-8(22-10(3)17)14(24-12(5)19)15(20-6)13(23-11(4)18)7-21-9(2)16/h8,13-15H,7H2,1-6H3. The van der Waals surface area contributed by atoms with E-state index in [4.69, 9.17) is 23.7 Å². The zero-order valence-corrected chi connectivity index (χ0v) is 14.7. The summed E-state index contributed by atoms with van der Waals surface area (Å²) < 4.78 is 25.4. The molecule has 0 saturated heterocycles. The van der Waals surface area contributed by atoms with Crippen molar-refractivity contribution < 1.29 is 42.9 Å². The minimum Gasteiger partial charge on any atom is -0.462 e. The van der Waals surface area contributed by atoms with Crippen molar-refractivity contribution >= 4 is 23.9 Å². The smallest absolute Gasteiger partial charge is 0.303 e. The largest absolute Gasteiger partial charge is 0.462 e. The molecule has 0 aliphatic rings. The van der Waals surface area contributed by atoms with E-state index in [9.17, 15) is 19.2 Å². The molecule has 0 saturated carbocycles. The molecule has 138 valence electrons. The second-order valence-electron chi connectivity index (χ2n) is 5.04. The van der Waals surface area contributed by atoms with E-state index in [1.54, 1.807) is 0 Å². The Morgan fingerprint density at radius 1 is 0.750 bits per heavy atom. The van der Waals surface area contributed by atoms with E-state index in [2.05, 4.69) is 0 Å². The highest BCUT2D eigenvalue weighted by Gasteiger charge is 2.39. The fraction of sp³-hybridized carbons (Fsp3) is 0.733. The Bertz CT molecular complexity index is 460. The summed E-state index contributed by atoms with van der Waals surface area (Å²) in [6, 6.07) is 0. The SMILES string of the molecule is COC(C(COC(C)=O)OC(C)=O)C(OC(C)=O)C(C)OC(C)=O. The van der Waals surface area contributed by atoms with Crippen LogP contribution in [0.25, 0.3) is 0 Å². The van der Waals surface area contributed by atoms with Crippen LogP contribution in [0, 0.1) is 0 Å². The van der Waals surface area contributed by atoms with Crippen LogP contribution in [-0.2, 0) is 42.9 Å². The minimum atomic E-state index is -1.07. The topological polar surface area (TPSA) is 114 Å². The molecule has 0 rings (SSSR count). The molecule has 0 aromatic carbocycles. The van der Waals surface area contributed by atoms with Crippen LogP contribution in [0.4, 0.5) is 0 Å². The summed E-state index contributed by atoms with van der Waals surface area (Å²) in [5, 5.41) is 0. The summed E-state index contributed by atoms with van der Waals surface area (Å²) in [4.78, 5) is 44.8. The number of hydrogen-bond acceptors (Lipinski definition) is 9. The van der Waals surface area contributed by atoms with Crippen molar-refractivity contribution in [1.82, 2.24) is 0 Å². The van der Waals surface area contributed by atoms with E-state index < -0.39 is 48.3 Å². The summed E-state index contributed by atoms with van der Waals surface area (Å²) in [5.74, 6) is -2.45. The summed E-state index contributed by atoms with van der Waals surface area (Å²) in [6.07, 6.45) is -4.03. The highest BCUT2D eigenvalue weighted by molar-refractivity contribution is 5.68. The highest BCUT2D eigenvalue weighted by atomic mass is 16.6. The van der Waals surface area contributed by atoms with Gasteiger partial charge in [0.05, 0.1) is 0 Å². The predicted molar refractivity (Wildman–Crippen MR) is 79.8 cm³/mol. The number of carbonyl (C=O) groups is 4. The maximum absolute atomic E-state index is 11.4. The third-order valence-electron chi connectivity index (χ3n) is 2.85. The van der Waals surface area contributed by atoms with Gasteiger partial charge < -0.3 is 23.7 Å². The molecular weight excluding hydrogens is 324 g/mol. The molecule has 0 aliphatic heterocycles. The van der Waals surface area contributed by atoms with Crippen LogP contribution in [0.3, 0.4) is 0 Å². The molecule has 0 amide bonds. The van der Waals surface area contributed by atoms with Gasteiger partial charge in [0.2, 0.25) is 0 Å². The van der Waals surface area contributed by atoms with Gasteiger partial charge in [-0.1, -0.05) is 0 Å². The lowest BCUT2D eigenvalue weighted by atomic mass is 10.0. The molecule has 0 bridgehead atoms. The number of hydrogen-bond donors (Lipinski definition) is 0. The Balaban J connectivity index is 5.46. The first kappa shape index (κ1) is 21.8. The second-order valence-corrected chi connectivity index (χ2v) is 5.04. The first-order valence-corrected chi connectivity index (χ1v) is 7.26. The van der Waals surface area contributed by atoms with Crippen molar-refractivity contribution in [3.63, 3.8) is 0 Å². The van der Waals surface area contributed by atoms with Crippen LogP contribution >= 0.6 is 0 Å². The molecule has 24 heavy (non-hydrogen) atoms. The molecule has 0 N–H and O–H groups in total. The summed E-state index contributed by atoms with van der Waals surface area (Å²) in [6.45, 7) is 5.93. The van der Waals surface area contributed by atoms with Gasteiger partial charge in [0.1, 0.15) is 18.8 Å². The second kappa shape index (κ2) is 10.6. The van der Waals surface area contributed by atoms with E-state index in [1.165, 1.54) is 41.7 Å². The van der Waals surface area contributed by atoms with E-state index in [1.807, 2.05) is 0 Å². The van der Waals surface area contributed by atoms with E-state index in [0.717, 1.165) is 0 Å². The van der Waals surface area contributed by atoms with Gasteiger partial charge in [-0.2, -0.15) is 0 Å². The van der Waals surface area contributed by atoms with Gasteiger partial charge in [-0.05, 0) is 6.92 Å². The number of ether oxygens (including phenoxy) is 5. The van der Waals surface area contributed by atoms with Gasteiger partial charge in [-0.25, -0.2) is 0 Å². The monoisotopic (exact) mass is 348 g/mol.